The molecule has 0 aromatic carbocycles. The molecule has 1 rings (SSSR count). The molecule has 0 N–H and O–H groups in total. The molecule has 15 heavy (non-hydrogen) atoms. The molecule has 0 radical (unpaired) electrons. The van der Waals surface area contributed by atoms with Crippen molar-refractivity contribution in [2.24, 2.45) is 0 Å². The van der Waals surface area contributed by atoms with Crippen molar-refractivity contribution in [1.82, 2.24) is 3.97 Å². The summed E-state index contributed by atoms with van der Waals surface area (Å²) in [5.74, 6) is -0.397. The van der Waals surface area contributed by atoms with Gasteiger partial charge in [-0.25, -0.2) is 9.00 Å². The van der Waals surface area contributed by atoms with E-state index in [9.17, 15) is 9.00 Å². The van der Waals surface area contributed by atoms with E-state index in [4.69, 9.17) is 4.74 Å². The van der Waals surface area contributed by atoms with E-state index in [1.54, 1.807) is 39.3 Å². The molecule has 84 valence electrons. The third kappa shape index (κ3) is 3.51. The number of hydrogen-bond donors (Lipinski definition) is 0. The molecule has 1 aromatic rings. The zero-order valence-corrected chi connectivity index (χ0v) is 10.1. The lowest BCUT2D eigenvalue weighted by Gasteiger charge is -2.18. The van der Waals surface area contributed by atoms with E-state index in [0.29, 0.717) is 5.56 Å². The second-order valence-corrected chi connectivity index (χ2v) is 5.45. The third-order valence-electron chi connectivity index (χ3n) is 1.60. The van der Waals surface area contributed by atoms with Crippen LogP contribution in [0.15, 0.2) is 18.5 Å². The lowest BCUT2D eigenvalue weighted by atomic mass is 10.2. The van der Waals surface area contributed by atoms with Crippen LogP contribution in [0.25, 0.3) is 0 Å². The monoisotopic (exact) mass is 229 g/mol. The molecular formula is C10H15NO3S. The topological polar surface area (TPSA) is 48.3 Å². The summed E-state index contributed by atoms with van der Waals surface area (Å²) in [6.45, 7) is 5.42. The lowest BCUT2D eigenvalue weighted by Crippen LogP contribution is -2.23. The average molecular weight is 229 g/mol. The van der Waals surface area contributed by atoms with Gasteiger partial charge in [-0.2, -0.15) is 0 Å². The van der Waals surface area contributed by atoms with Crippen LogP contribution in [-0.2, 0) is 15.7 Å². The van der Waals surface area contributed by atoms with Crippen LogP contribution in [0.5, 0.6) is 0 Å². The van der Waals surface area contributed by atoms with Crippen LogP contribution in [-0.4, -0.2) is 26.0 Å². The van der Waals surface area contributed by atoms with E-state index in [-0.39, 0.29) is 0 Å². The Hall–Kier alpha value is -1.10. The van der Waals surface area contributed by atoms with Crippen LogP contribution in [0.3, 0.4) is 0 Å². The first-order valence-corrected chi connectivity index (χ1v) is 6.06. The highest BCUT2D eigenvalue weighted by atomic mass is 32.2. The third-order valence-corrected chi connectivity index (χ3v) is 2.42. The summed E-state index contributed by atoms with van der Waals surface area (Å²) in [4.78, 5) is 11.6. The minimum absolute atomic E-state index is 0.397. The Balaban J connectivity index is 2.79. The Morgan fingerprint density at radius 3 is 2.47 bits per heavy atom. The van der Waals surface area contributed by atoms with E-state index < -0.39 is 22.6 Å². The van der Waals surface area contributed by atoms with Gasteiger partial charge in [-0.15, -0.1) is 0 Å². The van der Waals surface area contributed by atoms with Crippen molar-refractivity contribution in [1.29, 1.82) is 0 Å². The van der Waals surface area contributed by atoms with E-state index in [0.717, 1.165) is 0 Å². The molecule has 0 bridgehead atoms. The van der Waals surface area contributed by atoms with Crippen molar-refractivity contribution in [3.63, 3.8) is 0 Å². The summed E-state index contributed by atoms with van der Waals surface area (Å²) in [6.07, 6.45) is 4.65. The SMILES string of the molecule is CS(=O)n1ccc(C(=O)OC(C)(C)C)c1. The standard InChI is InChI=1S/C10H15NO3S/c1-10(2,3)14-9(12)8-5-6-11(7-8)15(4)13/h5-7H,1-4H3. The van der Waals surface area contributed by atoms with Gasteiger partial charge >= 0.3 is 5.97 Å². The summed E-state index contributed by atoms with van der Waals surface area (Å²) in [5.41, 5.74) is -0.0926. The number of esters is 1. The van der Waals surface area contributed by atoms with Gasteiger partial charge in [0.05, 0.1) is 5.56 Å². The molecule has 1 unspecified atom stereocenters. The second-order valence-electron chi connectivity index (χ2n) is 4.19. The highest BCUT2D eigenvalue weighted by Gasteiger charge is 2.18. The summed E-state index contributed by atoms with van der Waals surface area (Å²) in [7, 11) is -1.14. The minimum atomic E-state index is -1.14. The normalized spacial score (nSPS) is 13.6. The Kier molecular flexibility index (Phi) is 3.34. The van der Waals surface area contributed by atoms with Crippen molar-refractivity contribution in [2.75, 3.05) is 6.26 Å². The average Bonchev–Trinajstić information content (AvgIpc) is 2.47. The van der Waals surface area contributed by atoms with Crippen molar-refractivity contribution >= 4 is 17.0 Å². The molecule has 0 aliphatic heterocycles. The van der Waals surface area contributed by atoms with Crippen LogP contribution >= 0.6 is 0 Å². The van der Waals surface area contributed by atoms with Crippen molar-refractivity contribution in [3.8, 4) is 0 Å². The first-order valence-electron chi connectivity index (χ1n) is 4.55. The molecule has 5 heteroatoms. The van der Waals surface area contributed by atoms with Crippen LogP contribution in [0.4, 0.5) is 0 Å². The van der Waals surface area contributed by atoms with Gasteiger partial charge in [-0.05, 0) is 26.8 Å². The molecule has 1 heterocycles. The quantitative estimate of drug-likeness (QED) is 0.723. The molecule has 1 atom stereocenters. The minimum Gasteiger partial charge on any atom is -0.456 e. The molecule has 0 spiro atoms. The van der Waals surface area contributed by atoms with Gasteiger partial charge in [-0.3, -0.25) is 3.97 Å². The second kappa shape index (κ2) is 4.18. The lowest BCUT2D eigenvalue weighted by molar-refractivity contribution is 0.00697. The predicted octanol–water partition coefficient (Wildman–Crippen LogP) is 1.59. The van der Waals surface area contributed by atoms with Gasteiger partial charge in [0.2, 0.25) is 0 Å². The van der Waals surface area contributed by atoms with Gasteiger partial charge in [0.15, 0.2) is 0 Å². The first-order chi connectivity index (χ1) is 6.79. The predicted molar refractivity (Wildman–Crippen MR) is 59.1 cm³/mol. The molecular weight excluding hydrogens is 214 g/mol. The van der Waals surface area contributed by atoms with Crippen LogP contribution < -0.4 is 0 Å². The maximum atomic E-state index is 11.6. The van der Waals surface area contributed by atoms with Crippen molar-refractivity contribution in [3.05, 3.63) is 24.0 Å². The fourth-order valence-electron chi connectivity index (χ4n) is 0.995. The highest BCUT2D eigenvalue weighted by Crippen LogP contribution is 2.12. The summed E-state index contributed by atoms with van der Waals surface area (Å²) in [6, 6.07) is 1.59. The van der Waals surface area contributed by atoms with Gasteiger partial charge in [0.25, 0.3) is 0 Å². The molecule has 4 nitrogen and oxygen atoms in total. The zero-order valence-electron chi connectivity index (χ0n) is 9.31. The zero-order chi connectivity index (χ0) is 11.6. The fourth-order valence-corrected chi connectivity index (χ4v) is 1.49. The highest BCUT2D eigenvalue weighted by molar-refractivity contribution is 7.82. The molecule has 0 saturated heterocycles. The van der Waals surface area contributed by atoms with E-state index in [1.807, 2.05) is 0 Å². The maximum absolute atomic E-state index is 11.6. The Morgan fingerprint density at radius 2 is 2.07 bits per heavy atom. The number of ether oxygens (including phenoxy) is 1. The summed E-state index contributed by atoms with van der Waals surface area (Å²) < 4.78 is 17.7. The maximum Gasteiger partial charge on any atom is 0.340 e. The van der Waals surface area contributed by atoms with Crippen molar-refractivity contribution in [2.45, 2.75) is 26.4 Å². The van der Waals surface area contributed by atoms with Crippen LogP contribution in [0.2, 0.25) is 0 Å². The largest absolute Gasteiger partial charge is 0.456 e. The van der Waals surface area contributed by atoms with E-state index in [1.165, 1.54) is 10.2 Å². The fraction of sp³-hybridized carbons (Fsp3) is 0.500. The first kappa shape index (κ1) is 12.0. The van der Waals surface area contributed by atoms with Crippen LogP contribution in [0.1, 0.15) is 31.1 Å². The van der Waals surface area contributed by atoms with E-state index >= 15 is 0 Å². The summed E-state index contributed by atoms with van der Waals surface area (Å²) in [5, 5.41) is 0. The Labute approximate surface area is 91.8 Å². The number of rotatable bonds is 2. The molecule has 0 aliphatic carbocycles. The number of carbonyl (C=O) groups excluding carboxylic acids is 1. The van der Waals surface area contributed by atoms with Crippen molar-refractivity contribution < 1.29 is 13.7 Å². The van der Waals surface area contributed by atoms with Gasteiger partial charge in [0.1, 0.15) is 16.6 Å². The molecule has 0 amide bonds. The van der Waals surface area contributed by atoms with Gasteiger partial charge in [0, 0.05) is 18.6 Å². The number of aromatic nitrogens is 1. The molecule has 0 fully saturated rings. The smallest absolute Gasteiger partial charge is 0.340 e. The van der Waals surface area contributed by atoms with Gasteiger partial charge < -0.3 is 4.74 Å². The van der Waals surface area contributed by atoms with E-state index in [2.05, 4.69) is 0 Å². The molecule has 1 aromatic heterocycles. The van der Waals surface area contributed by atoms with Gasteiger partial charge in [-0.1, -0.05) is 0 Å². The molecule has 0 aliphatic rings. The Morgan fingerprint density at radius 1 is 1.47 bits per heavy atom. The number of hydrogen-bond acceptors (Lipinski definition) is 3. The number of carbonyl (C=O) groups is 1. The summed E-state index contributed by atoms with van der Waals surface area (Å²) >= 11 is 0. The molecule has 0 saturated carbocycles. The Bertz CT molecular complexity index is 390. The number of nitrogens with zero attached hydrogens (tertiary/aromatic N) is 1. The van der Waals surface area contributed by atoms with Crippen LogP contribution in [0, 0.1) is 0 Å².